The number of rotatable bonds is 5. The SMILES string of the molecule is O=C(Nc1cccc(C(F)(F)F)c1)/C(=C/c1ccccc1)C(=O)Nc1ccnc(Cl)c1. The second-order valence-corrected chi connectivity index (χ2v) is 6.71. The highest BCUT2D eigenvalue weighted by Gasteiger charge is 2.30. The molecule has 1 heterocycles. The number of pyridine rings is 1. The van der Waals surface area contributed by atoms with Crippen LogP contribution in [0.3, 0.4) is 0 Å². The normalized spacial score (nSPS) is 11.7. The highest BCUT2D eigenvalue weighted by Crippen LogP contribution is 2.30. The van der Waals surface area contributed by atoms with E-state index in [4.69, 9.17) is 11.6 Å². The van der Waals surface area contributed by atoms with Crippen molar-refractivity contribution in [2.45, 2.75) is 6.18 Å². The molecule has 0 aliphatic carbocycles. The highest BCUT2D eigenvalue weighted by molar-refractivity contribution is 6.30. The van der Waals surface area contributed by atoms with Crippen molar-refractivity contribution in [1.82, 2.24) is 4.98 Å². The number of hydrogen-bond donors (Lipinski definition) is 2. The third-order valence-corrected chi connectivity index (χ3v) is 4.24. The van der Waals surface area contributed by atoms with Gasteiger partial charge in [-0.25, -0.2) is 4.98 Å². The molecule has 0 bridgehead atoms. The summed E-state index contributed by atoms with van der Waals surface area (Å²) in [5, 5.41) is 5.02. The maximum absolute atomic E-state index is 13.0. The molecule has 0 aliphatic heterocycles. The quantitative estimate of drug-likeness (QED) is 0.238. The van der Waals surface area contributed by atoms with Gasteiger partial charge in [-0.15, -0.1) is 0 Å². The molecule has 9 heteroatoms. The van der Waals surface area contributed by atoms with Gasteiger partial charge in [-0.05, 0) is 42.0 Å². The van der Waals surface area contributed by atoms with E-state index in [0.717, 1.165) is 18.2 Å². The highest BCUT2D eigenvalue weighted by atomic mass is 35.5. The van der Waals surface area contributed by atoms with Crippen LogP contribution < -0.4 is 10.6 Å². The summed E-state index contributed by atoms with van der Waals surface area (Å²) < 4.78 is 38.9. The topological polar surface area (TPSA) is 71.1 Å². The molecule has 0 atom stereocenters. The minimum absolute atomic E-state index is 0.0986. The minimum Gasteiger partial charge on any atom is -0.322 e. The Labute approximate surface area is 180 Å². The van der Waals surface area contributed by atoms with Crippen molar-refractivity contribution in [2.75, 3.05) is 10.6 Å². The van der Waals surface area contributed by atoms with Crippen LogP contribution in [0.15, 0.2) is 78.5 Å². The van der Waals surface area contributed by atoms with Gasteiger partial charge in [0.25, 0.3) is 11.8 Å². The van der Waals surface area contributed by atoms with E-state index >= 15 is 0 Å². The van der Waals surface area contributed by atoms with E-state index in [9.17, 15) is 22.8 Å². The first kappa shape index (κ1) is 22.0. The Hall–Kier alpha value is -3.65. The van der Waals surface area contributed by atoms with E-state index in [1.807, 2.05) is 0 Å². The van der Waals surface area contributed by atoms with Crippen LogP contribution in [0.25, 0.3) is 6.08 Å². The maximum Gasteiger partial charge on any atom is 0.416 e. The molecule has 0 unspecified atom stereocenters. The molecule has 1 aromatic heterocycles. The van der Waals surface area contributed by atoms with Gasteiger partial charge in [0, 0.05) is 17.6 Å². The smallest absolute Gasteiger partial charge is 0.322 e. The van der Waals surface area contributed by atoms with Crippen LogP contribution >= 0.6 is 11.6 Å². The molecule has 2 N–H and O–H groups in total. The van der Waals surface area contributed by atoms with E-state index in [-0.39, 0.29) is 16.4 Å². The van der Waals surface area contributed by atoms with Crippen LogP contribution in [0.1, 0.15) is 11.1 Å². The summed E-state index contributed by atoms with van der Waals surface area (Å²) >= 11 is 5.81. The zero-order chi connectivity index (χ0) is 22.4. The molecule has 0 spiro atoms. The monoisotopic (exact) mass is 445 g/mol. The lowest BCUT2D eigenvalue weighted by atomic mass is 10.1. The Balaban J connectivity index is 1.90. The molecule has 158 valence electrons. The molecule has 5 nitrogen and oxygen atoms in total. The molecule has 0 saturated carbocycles. The van der Waals surface area contributed by atoms with Crippen LogP contribution in [0.5, 0.6) is 0 Å². The van der Waals surface area contributed by atoms with Crippen LogP contribution in [0.2, 0.25) is 5.15 Å². The lowest BCUT2D eigenvalue weighted by Crippen LogP contribution is -2.25. The molecule has 0 aliphatic rings. The van der Waals surface area contributed by atoms with E-state index in [2.05, 4.69) is 15.6 Å². The number of amides is 2. The van der Waals surface area contributed by atoms with E-state index in [1.165, 1.54) is 30.5 Å². The zero-order valence-corrected chi connectivity index (χ0v) is 16.5. The third-order valence-electron chi connectivity index (χ3n) is 4.03. The molecule has 0 saturated heterocycles. The van der Waals surface area contributed by atoms with Gasteiger partial charge in [-0.1, -0.05) is 48.0 Å². The Morgan fingerprint density at radius 1 is 0.871 bits per heavy atom. The molecule has 31 heavy (non-hydrogen) atoms. The van der Waals surface area contributed by atoms with Crippen molar-refractivity contribution in [3.8, 4) is 0 Å². The number of benzene rings is 2. The lowest BCUT2D eigenvalue weighted by molar-refractivity contribution is -0.137. The average molecular weight is 446 g/mol. The van der Waals surface area contributed by atoms with Gasteiger partial charge in [-0.3, -0.25) is 9.59 Å². The summed E-state index contributed by atoms with van der Waals surface area (Å²) in [5.74, 6) is -1.64. The van der Waals surface area contributed by atoms with Crippen LogP contribution in [-0.2, 0) is 15.8 Å². The summed E-state index contributed by atoms with van der Waals surface area (Å²) in [4.78, 5) is 29.4. The largest absolute Gasteiger partial charge is 0.416 e. The van der Waals surface area contributed by atoms with Crippen molar-refractivity contribution in [3.63, 3.8) is 0 Å². The van der Waals surface area contributed by atoms with Gasteiger partial charge < -0.3 is 10.6 Å². The summed E-state index contributed by atoms with van der Waals surface area (Å²) in [6.07, 6.45) is -1.86. The summed E-state index contributed by atoms with van der Waals surface area (Å²) in [6.45, 7) is 0. The molecule has 0 fully saturated rings. The molecule has 0 radical (unpaired) electrons. The number of nitrogens with one attached hydrogen (secondary N) is 2. The second-order valence-electron chi connectivity index (χ2n) is 6.32. The van der Waals surface area contributed by atoms with E-state index in [0.29, 0.717) is 11.3 Å². The predicted molar refractivity (Wildman–Crippen MR) is 112 cm³/mol. The van der Waals surface area contributed by atoms with Gasteiger partial charge in [0.1, 0.15) is 10.7 Å². The van der Waals surface area contributed by atoms with Gasteiger partial charge >= 0.3 is 6.18 Å². The number of nitrogens with zero attached hydrogens (tertiary/aromatic N) is 1. The fraction of sp³-hybridized carbons (Fsp3) is 0.0455. The van der Waals surface area contributed by atoms with Crippen LogP contribution in [0, 0.1) is 0 Å². The number of alkyl halides is 3. The first-order valence-corrected chi connectivity index (χ1v) is 9.28. The van der Waals surface area contributed by atoms with Gasteiger partial charge in [-0.2, -0.15) is 13.2 Å². The van der Waals surface area contributed by atoms with Gasteiger partial charge in [0.15, 0.2) is 0 Å². The Bertz CT molecular complexity index is 1130. The van der Waals surface area contributed by atoms with Crippen molar-refractivity contribution in [2.24, 2.45) is 0 Å². The van der Waals surface area contributed by atoms with Gasteiger partial charge in [0.2, 0.25) is 0 Å². The number of hydrogen-bond acceptors (Lipinski definition) is 3. The van der Waals surface area contributed by atoms with Crippen molar-refractivity contribution in [3.05, 3.63) is 94.8 Å². The minimum atomic E-state index is -4.57. The maximum atomic E-state index is 13.0. The van der Waals surface area contributed by atoms with E-state index < -0.39 is 23.6 Å². The third kappa shape index (κ3) is 6.16. The first-order valence-electron chi connectivity index (χ1n) is 8.90. The number of carbonyl (C=O) groups is 2. The fourth-order valence-corrected chi connectivity index (χ4v) is 2.77. The van der Waals surface area contributed by atoms with E-state index in [1.54, 1.807) is 30.3 Å². The Kier molecular flexibility index (Phi) is 6.71. The van der Waals surface area contributed by atoms with Crippen LogP contribution in [-0.4, -0.2) is 16.8 Å². The van der Waals surface area contributed by atoms with Gasteiger partial charge in [0.05, 0.1) is 5.56 Å². The predicted octanol–water partition coefficient (Wildman–Crippen LogP) is 5.41. The molecule has 3 rings (SSSR count). The first-order chi connectivity index (χ1) is 14.7. The number of halogens is 4. The standard InChI is InChI=1S/C22H15ClF3N3O2/c23-19-13-17(9-10-27-19)29-21(31)18(11-14-5-2-1-3-6-14)20(30)28-16-8-4-7-15(12-16)22(24,25)26/h1-13H,(H,28,30)(H,27,29,31)/b18-11-. The Morgan fingerprint density at radius 3 is 2.13 bits per heavy atom. The fourth-order valence-electron chi connectivity index (χ4n) is 2.60. The zero-order valence-electron chi connectivity index (χ0n) is 15.8. The second kappa shape index (κ2) is 9.44. The molecule has 2 aromatic carbocycles. The summed E-state index contributed by atoms with van der Waals surface area (Å²) in [5.41, 5.74) is -0.472. The molecule has 2 amide bonds. The van der Waals surface area contributed by atoms with Crippen LogP contribution in [0.4, 0.5) is 24.5 Å². The number of carbonyl (C=O) groups excluding carboxylic acids is 2. The summed E-state index contributed by atoms with van der Waals surface area (Å²) in [6, 6.07) is 15.6. The van der Waals surface area contributed by atoms with Crippen molar-refractivity contribution in [1.29, 1.82) is 0 Å². The lowest BCUT2D eigenvalue weighted by Gasteiger charge is -2.12. The summed E-state index contributed by atoms with van der Waals surface area (Å²) in [7, 11) is 0. The average Bonchev–Trinajstić information content (AvgIpc) is 2.72. The van der Waals surface area contributed by atoms with Crippen molar-refractivity contribution < 1.29 is 22.8 Å². The van der Waals surface area contributed by atoms with Crippen molar-refractivity contribution >= 4 is 40.9 Å². The number of aromatic nitrogens is 1. The Morgan fingerprint density at radius 2 is 1.52 bits per heavy atom. The number of anilines is 2. The molecular formula is C22H15ClF3N3O2. The molecule has 3 aromatic rings. The molecular weight excluding hydrogens is 431 g/mol.